The molecule has 6 heterocycles. The van der Waals surface area contributed by atoms with Gasteiger partial charge in [-0.15, -0.1) is 0 Å². The van der Waals surface area contributed by atoms with Crippen molar-refractivity contribution in [3.63, 3.8) is 0 Å². The highest BCUT2D eigenvalue weighted by molar-refractivity contribution is 8.00. The van der Waals surface area contributed by atoms with Crippen molar-refractivity contribution >= 4 is 117 Å². The van der Waals surface area contributed by atoms with E-state index in [0.717, 1.165) is 121 Å². The van der Waals surface area contributed by atoms with Gasteiger partial charge in [0.2, 0.25) is 6.71 Å². The zero-order chi connectivity index (χ0) is 81.8. The summed E-state index contributed by atoms with van der Waals surface area (Å²) in [7, 11) is 0. The molecule has 0 unspecified atom stereocenters. The van der Waals surface area contributed by atoms with Gasteiger partial charge in [0.05, 0.1) is 55.1 Å². The van der Waals surface area contributed by atoms with E-state index in [2.05, 4.69) is 126 Å². The number of anilines is 3. The fourth-order valence-corrected chi connectivity index (χ4v) is 18.8. The van der Waals surface area contributed by atoms with E-state index in [1.54, 1.807) is 4.57 Å². The number of ether oxygens (including phenoxy) is 1. The summed E-state index contributed by atoms with van der Waals surface area (Å²) >= 11 is 1.48. The van der Waals surface area contributed by atoms with Gasteiger partial charge in [0.25, 0.3) is 0 Å². The second-order valence-electron chi connectivity index (χ2n) is 26.9. The van der Waals surface area contributed by atoms with Gasteiger partial charge in [-0.25, -0.2) is 0 Å². The summed E-state index contributed by atoms with van der Waals surface area (Å²) in [6.07, 6.45) is 0. The number of hydrogen-bond donors (Lipinski definition) is 0. The molecule has 4 aliphatic rings. The first-order chi connectivity index (χ1) is 58.2. The van der Waals surface area contributed by atoms with Crippen molar-refractivity contribution in [1.82, 2.24) is 9.13 Å². The Morgan fingerprint density at radius 1 is 0.346 bits per heavy atom. The normalized spacial score (nSPS) is 15.6. The Bertz CT molecular complexity index is 7650. The largest absolute Gasteiger partial charge is 0.457 e. The lowest BCUT2D eigenvalue weighted by atomic mass is 9.34. The van der Waals surface area contributed by atoms with Gasteiger partial charge in [0.15, 0.2) is 0 Å². The molecule has 0 bridgehead atoms. The number of para-hydroxylation sites is 5. The molecule has 16 aromatic carbocycles. The predicted octanol–water partition coefficient (Wildman–Crippen LogP) is 23.7. The van der Waals surface area contributed by atoms with Crippen LogP contribution in [-0.4, -0.2) is 15.8 Å². The van der Waals surface area contributed by atoms with Crippen LogP contribution in [0.15, 0.2) is 366 Å². The van der Waals surface area contributed by atoms with E-state index >= 15 is 0 Å². The number of furan rings is 1. The molecule has 3 aliphatic heterocycles. The van der Waals surface area contributed by atoms with E-state index in [1.807, 2.05) is 133 Å². The van der Waals surface area contributed by atoms with Gasteiger partial charge in [-0.2, -0.15) is 0 Å². The van der Waals surface area contributed by atoms with E-state index in [-0.39, 0.29) is 55.0 Å². The molecule has 1 aliphatic carbocycles. The lowest BCUT2D eigenvalue weighted by Gasteiger charge is -2.42. The maximum atomic E-state index is 9.99. The van der Waals surface area contributed by atoms with Crippen LogP contribution >= 0.6 is 11.8 Å². The molecule has 5 nitrogen and oxygen atoms in total. The molecule has 1 spiro atoms. The van der Waals surface area contributed by atoms with Crippen molar-refractivity contribution in [2.24, 2.45) is 0 Å². The summed E-state index contributed by atoms with van der Waals surface area (Å²) in [4.78, 5) is 3.61. The zero-order valence-corrected chi connectivity index (χ0v) is 55.7. The fraction of sp³-hybridized carbons (Fsp3) is 0.0103. The average Bonchev–Trinajstić information content (AvgIpc) is 1.21. The van der Waals surface area contributed by atoms with Gasteiger partial charge >= 0.3 is 0 Å². The maximum absolute atomic E-state index is 9.99. The van der Waals surface area contributed by atoms with Crippen LogP contribution in [-0.2, 0) is 5.41 Å². The second-order valence-corrected chi connectivity index (χ2v) is 27.9. The minimum Gasteiger partial charge on any atom is -0.457 e. The minimum atomic E-state index is -0.755. The van der Waals surface area contributed by atoms with Gasteiger partial charge in [-0.3, -0.25) is 0 Å². The van der Waals surface area contributed by atoms with E-state index in [9.17, 15) is 16.4 Å². The van der Waals surface area contributed by atoms with Crippen LogP contribution in [0.5, 0.6) is 11.5 Å². The van der Waals surface area contributed by atoms with Crippen molar-refractivity contribution in [3.8, 4) is 78.5 Å². The molecule has 0 amide bonds. The quantitative estimate of drug-likeness (QED) is 0.149. The third kappa shape index (κ3) is 8.07. The smallest absolute Gasteiger partial charge is 0.249 e. The first-order valence-electron chi connectivity index (χ1n) is 42.5. The molecule has 0 saturated carbocycles. The van der Waals surface area contributed by atoms with Crippen molar-refractivity contribution in [3.05, 3.63) is 374 Å². The standard InChI is InChI=1S/C97H58BN3O2S/c1-4-24-59(25-5-1)64-53-73(60-26-6-2-7-27-60)95(74(54-64)61-28-8-3-9-29-61)101-86-56-65(99-82-39-19-12-32-69(82)70-33-13-20-40-83(70)99)46-47-80(86)98-81-48-51-91-93(96(81)104-92-58-66(57-87(101)94(92)98)100-84-41-21-14-34-71(84)72-35-15-22-42-85(72)100)75-52-62(44-49-88(75)102-91)63-45-50-90-79(55-63)97(78-38-18-23-43-89(78)103-90)76-36-16-10-30-67(76)68-31-11-17-37-77(68)97/h1-58H/i12D,13D,14D,15D,19D,20D,21D,22D,32D,33D,34D,35D,39D,40D,41D,42D. The molecule has 0 radical (unpaired) electrons. The number of nitrogens with zero attached hydrogens (tertiary/aromatic N) is 3. The third-order valence-corrected chi connectivity index (χ3v) is 22.9. The summed E-state index contributed by atoms with van der Waals surface area (Å²) < 4.78 is 169. The van der Waals surface area contributed by atoms with Crippen LogP contribution < -0.4 is 26.0 Å². The average molecular weight is 1360 g/mol. The molecule has 19 aromatic rings. The molecule has 3 aromatic heterocycles. The van der Waals surface area contributed by atoms with Gasteiger partial charge in [0, 0.05) is 87.1 Å². The Morgan fingerprint density at radius 2 is 0.846 bits per heavy atom. The highest BCUT2D eigenvalue weighted by atomic mass is 32.2. The predicted molar refractivity (Wildman–Crippen MR) is 431 cm³/mol. The molecular weight excluding hydrogens is 1280 g/mol. The van der Waals surface area contributed by atoms with Crippen molar-refractivity contribution in [2.75, 3.05) is 4.90 Å². The number of rotatable bonds is 7. The Hall–Kier alpha value is -13.1. The van der Waals surface area contributed by atoms with E-state index < -0.39 is 109 Å². The Kier molecular flexibility index (Phi) is 9.35. The van der Waals surface area contributed by atoms with E-state index in [1.165, 1.54) is 16.3 Å². The van der Waals surface area contributed by atoms with Crippen LogP contribution in [0.4, 0.5) is 17.1 Å². The summed E-state index contributed by atoms with van der Waals surface area (Å²) in [6.45, 7) is -0.737. The first-order valence-corrected chi connectivity index (χ1v) is 35.3. The van der Waals surface area contributed by atoms with Crippen LogP contribution in [0, 0.1) is 0 Å². The van der Waals surface area contributed by atoms with Crippen LogP contribution in [0.25, 0.3) is 133 Å². The van der Waals surface area contributed by atoms with Gasteiger partial charge in [0.1, 0.15) is 22.7 Å². The highest BCUT2D eigenvalue weighted by Gasteiger charge is 2.51. The molecule has 482 valence electrons. The van der Waals surface area contributed by atoms with Gasteiger partial charge in [-0.05, 0) is 164 Å². The second kappa shape index (κ2) is 22.0. The number of hydrogen-bond acceptors (Lipinski definition) is 4. The van der Waals surface area contributed by atoms with Crippen molar-refractivity contribution in [2.45, 2.75) is 15.2 Å². The molecular formula is C97H58BN3O2S. The fourth-order valence-electron chi connectivity index (χ4n) is 17.5. The summed E-state index contributed by atoms with van der Waals surface area (Å²) in [5, 5.41) is 1.14. The SMILES string of the molecule is [2H]c1c([2H])c([2H])c2c(c1[2H])c1c([2H])c([2H])c([2H])c([2H])c1n2-c1ccc2c(c1)N(c1c(-c3ccccc3)cc(-c3ccccc3)cc1-c1ccccc1)c1cc(-n3c4c([2H])c([2H])c([2H])c([2H])c4c4c([2H])c([2H])c([2H])c([2H])c43)cc3c1B2c1ccc2oc4ccc(-c5ccc6c(c5)C5(c7ccccc7O6)c6ccccc6-c6ccccc65)cc4c2c1S3. The van der Waals surface area contributed by atoms with Crippen LogP contribution in [0.1, 0.15) is 44.2 Å². The monoisotopic (exact) mass is 1360 g/mol. The molecule has 0 N–H and O–H groups in total. The third-order valence-electron chi connectivity index (χ3n) is 21.7. The molecule has 7 heteroatoms. The zero-order valence-electron chi connectivity index (χ0n) is 70.9. The van der Waals surface area contributed by atoms with Crippen LogP contribution in [0.3, 0.4) is 0 Å². The van der Waals surface area contributed by atoms with Crippen molar-refractivity contribution in [1.29, 1.82) is 0 Å². The Balaban J connectivity index is 0.855. The Labute approximate surface area is 626 Å². The lowest BCUT2D eigenvalue weighted by Crippen LogP contribution is -2.60. The van der Waals surface area contributed by atoms with Gasteiger partial charge < -0.3 is 23.2 Å². The molecule has 104 heavy (non-hydrogen) atoms. The van der Waals surface area contributed by atoms with Crippen molar-refractivity contribution < 1.29 is 31.1 Å². The molecule has 0 atom stereocenters. The minimum absolute atomic E-state index is 0.0892. The first kappa shape index (κ1) is 44.2. The molecule has 0 fully saturated rings. The number of fused-ring (bicyclic) bond motifs is 23. The van der Waals surface area contributed by atoms with Crippen LogP contribution in [0.2, 0.25) is 0 Å². The molecule has 0 saturated heterocycles. The topological polar surface area (TPSA) is 35.5 Å². The highest BCUT2D eigenvalue weighted by Crippen LogP contribution is 2.63. The van der Waals surface area contributed by atoms with Gasteiger partial charge in [-0.1, -0.05) is 272 Å². The lowest BCUT2D eigenvalue weighted by molar-refractivity contribution is 0.436. The maximum Gasteiger partial charge on any atom is 0.249 e. The summed E-state index contributed by atoms with van der Waals surface area (Å²) in [5.41, 5.74) is 17.8. The summed E-state index contributed by atoms with van der Waals surface area (Å²) in [5.74, 6) is 1.50. The number of aromatic nitrogens is 2. The van der Waals surface area contributed by atoms with E-state index in [0.29, 0.717) is 33.1 Å². The molecule has 23 rings (SSSR count). The summed E-state index contributed by atoms with van der Waals surface area (Å²) in [6, 6.07) is 77.5. The Morgan fingerprint density at radius 3 is 1.47 bits per heavy atom. The number of benzene rings is 16. The van der Waals surface area contributed by atoms with E-state index in [4.69, 9.17) is 14.6 Å².